The Morgan fingerprint density at radius 1 is 1.62 bits per heavy atom. The minimum atomic E-state index is 0.0558. The maximum absolute atomic E-state index is 5.55. The fourth-order valence-corrected chi connectivity index (χ4v) is 3.38. The van der Waals surface area contributed by atoms with E-state index in [9.17, 15) is 0 Å². The molecule has 1 rings (SSSR count). The summed E-state index contributed by atoms with van der Waals surface area (Å²) in [5.74, 6) is 0. The molecular formula is C11H22OSi. The van der Waals surface area contributed by atoms with Crippen LogP contribution in [0.1, 0.15) is 39.5 Å². The second kappa shape index (κ2) is 6.38. The maximum atomic E-state index is 5.55. The van der Waals surface area contributed by atoms with Crippen LogP contribution in [0, 0.1) is 0 Å². The molecule has 13 heavy (non-hydrogen) atoms. The molecular weight excluding hydrogens is 176 g/mol. The lowest BCUT2D eigenvalue weighted by atomic mass is 10.0. The van der Waals surface area contributed by atoms with Crippen LogP contribution in [-0.4, -0.2) is 22.4 Å². The molecule has 0 bridgehead atoms. The van der Waals surface area contributed by atoms with Crippen molar-refractivity contribution in [1.82, 2.24) is 0 Å². The largest absolute Gasteiger partial charge is 0.385 e. The van der Waals surface area contributed by atoms with Gasteiger partial charge >= 0.3 is 0 Å². The van der Waals surface area contributed by atoms with Gasteiger partial charge in [0.15, 0.2) is 0 Å². The Bertz CT molecular complexity index is 165. The highest BCUT2D eigenvalue weighted by atomic mass is 28.2. The SMILES string of the molecule is CCCOC[SiH2]C1CC=C(C)CC1. The summed E-state index contributed by atoms with van der Waals surface area (Å²) in [6.45, 7) is 5.40. The van der Waals surface area contributed by atoms with Gasteiger partial charge in [-0.1, -0.05) is 18.6 Å². The van der Waals surface area contributed by atoms with Crippen molar-refractivity contribution >= 4 is 9.52 Å². The van der Waals surface area contributed by atoms with Gasteiger partial charge in [-0.25, -0.2) is 0 Å². The summed E-state index contributed by atoms with van der Waals surface area (Å²) < 4.78 is 5.55. The van der Waals surface area contributed by atoms with E-state index >= 15 is 0 Å². The lowest BCUT2D eigenvalue weighted by Gasteiger charge is -2.19. The van der Waals surface area contributed by atoms with E-state index in [1.54, 1.807) is 5.57 Å². The van der Waals surface area contributed by atoms with Gasteiger partial charge < -0.3 is 4.74 Å². The molecule has 2 heteroatoms. The first kappa shape index (κ1) is 11.0. The monoisotopic (exact) mass is 198 g/mol. The van der Waals surface area contributed by atoms with Crippen molar-refractivity contribution < 1.29 is 4.74 Å². The first-order valence-electron chi connectivity index (χ1n) is 5.56. The number of allylic oxidation sites excluding steroid dienone is 2. The highest BCUT2D eigenvalue weighted by molar-refractivity contribution is 6.37. The van der Waals surface area contributed by atoms with Crippen molar-refractivity contribution in [3.63, 3.8) is 0 Å². The van der Waals surface area contributed by atoms with Crippen LogP contribution in [0.3, 0.4) is 0 Å². The summed E-state index contributed by atoms with van der Waals surface area (Å²) in [5, 5.41) is 0. The Labute approximate surface area is 84.4 Å². The van der Waals surface area contributed by atoms with Gasteiger partial charge in [-0.05, 0) is 38.1 Å². The van der Waals surface area contributed by atoms with Crippen molar-refractivity contribution in [2.24, 2.45) is 0 Å². The second-order valence-corrected chi connectivity index (χ2v) is 6.23. The van der Waals surface area contributed by atoms with Crippen LogP contribution in [0.4, 0.5) is 0 Å². The van der Waals surface area contributed by atoms with Gasteiger partial charge in [-0.15, -0.1) is 0 Å². The molecule has 0 spiro atoms. The Morgan fingerprint density at radius 2 is 2.46 bits per heavy atom. The van der Waals surface area contributed by atoms with Crippen LogP contribution in [-0.2, 0) is 4.74 Å². The van der Waals surface area contributed by atoms with Gasteiger partial charge in [0.2, 0.25) is 0 Å². The molecule has 0 heterocycles. The van der Waals surface area contributed by atoms with E-state index in [0.29, 0.717) is 0 Å². The predicted octanol–water partition coefficient (Wildman–Crippen LogP) is 2.46. The second-order valence-electron chi connectivity index (χ2n) is 4.09. The molecule has 1 nitrogen and oxygen atoms in total. The van der Waals surface area contributed by atoms with Crippen LogP contribution in [0.25, 0.3) is 0 Å². The average Bonchev–Trinajstić information content (AvgIpc) is 2.15. The third-order valence-corrected chi connectivity index (χ3v) is 4.85. The van der Waals surface area contributed by atoms with E-state index in [4.69, 9.17) is 4.74 Å². The minimum Gasteiger partial charge on any atom is -0.385 e. The van der Waals surface area contributed by atoms with Crippen LogP contribution < -0.4 is 0 Å². The molecule has 0 aliphatic heterocycles. The quantitative estimate of drug-likeness (QED) is 0.374. The standard InChI is InChI=1S/C11H22OSi/c1-3-8-12-9-13-11-6-4-10(2)5-7-11/h4,11H,3,5-9,13H2,1-2H3. The highest BCUT2D eigenvalue weighted by Crippen LogP contribution is 2.26. The van der Waals surface area contributed by atoms with E-state index in [1.165, 1.54) is 19.3 Å². The lowest BCUT2D eigenvalue weighted by molar-refractivity contribution is 0.176. The molecule has 0 fully saturated rings. The average molecular weight is 198 g/mol. The molecule has 0 aromatic rings. The summed E-state index contributed by atoms with van der Waals surface area (Å²) in [6, 6.07) is 0. The summed E-state index contributed by atoms with van der Waals surface area (Å²) >= 11 is 0. The van der Waals surface area contributed by atoms with E-state index in [0.717, 1.165) is 24.8 Å². The molecule has 1 unspecified atom stereocenters. The molecule has 76 valence electrons. The smallest absolute Gasteiger partial charge is 0.0550 e. The van der Waals surface area contributed by atoms with E-state index < -0.39 is 0 Å². The van der Waals surface area contributed by atoms with Crippen molar-refractivity contribution in [1.29, 1.82) is 0 Å². The number of rotatable bonds is 5. The molecule has 1 aliphatic carbocycles. The third-order valence-electron chi connectivity index (χ3n) is 2.77. The predicted molar refractivity (Wildman–Crippen MR) is 61.0 cm³/mol. The summed E-state index contributed by atoms with van der Waals surface area (Å²) in [5.41, 5.74) is 2.63. The van der Waals surface area contributed by atoms with Crippen molar-refractivity contribution in [2.75, 3.05) is 12.8 Å². The van der Waals surface area contributed by atoms with Crippen LogP contribution >= 0.6 is 0 Å². The Morgan fingerprint density at radius 3 is 3.08 bits per heavy atom. The van der Waals surface area contributed by atoms with Crippen LogP contribution in [0.5, 0.6) is 0 Å². The third kappa shape index (κ3) is 4.63. The number of hydrogen-bond donors (Lipinski definition) is 0. The molecule has 0 amide bonds. The zero-order valence-electron chi connectivity index (χ0n) is 9.01. The Balaban J connectivity index is 2.03. The number of ether oxygens (including phenoxy) is 1. The van der Waals surface area contributed by atoms with E-state index in [2.05, 4.69) is 19.9 Å². The van der Waals surface area contributed by atoms with Gasteiger partial charge in [0, 0.05) is 12.8 Å². The van der Waals surface area contributed by atoms with Gasteiger partial charge in [-0.3, -0.25) is 0 Å². The molecule has 0 aromatic carbocycles. The summed E-state index contributed by atoms with van der Waals surface area (Å²) in [7, 11) is 0.0558. The molecule has 1 atom stereocenters. The molecule has 0 saturated carbocycles. The normalized spacial score (nSPS) is 23.8. The molecule has 0 aromatic heterocycles. The fraction of sp³-hybridized carbons (Fsp3) is 0.818. The Kier molecular flexibility index (Phi) is 5.40. The van der Waals surface area contributed by atoms with E-state index in [-0.39, 0.29) is 9.52 Å². The van der Waals surface area contributed by atoms with E-state index in [1.807, 2.05) is 0 Å². The Hall–Kier alpha value is -0.0831. The van der Waals surface area contributed by atoms with Crippen molar-refractivity contribution in [3.05, 3.63) is 11.6 Å². The van der Waals surface area contributed by atoms with Crippen LogP contribution in [0.15, 0.2) is 11.6 Å². The molecule has 0 N–H and O–H groups in total. The van der Waals surface area contributed by atoms with Gasteiger partial charge in [0.1, 0.15) is 0 Å². The molecule has 0 radical (unpaired) electrons. The minimum absolute atomic E-state index is 0.0558. The van der Waals surface area contributed by atoms with Crippen molar-refractivity contribution in [2.45, 2.75) is 45.1 Å². The van der Waals surface area contributed by atoms with Gasteiger partial charge in [0.05, 0.1) is 9.52 Å². The fourth-order valence-electron chi connectivity index (χ4n) is 1.78. The van der Waals surface area contributed by atoms with Gasteiger partial charge in [-0.2, -0.15) is 0 Å². The molecule has 0 saturated heterocycles. The molecule has 1 aliphatic rings. The highest BCUT2D eigenvalue weighted by Gasteiger charge is 2.12. The maximum Gasteiger partial charge on any atom is 0.0550 e. The topological polar surface area (TPSA) is 9.23 Å². The van der Waals surface area contributed by atoms with Gasteiger partial charge in [0.25, 0.3) is 0 Å². The summed E-state index contributed by atoms with van der Waals surface area (Å²) in [6.07, 6.45) is 8.81. The first-order chi connectivity index (χ1) is 6.33. The summed E-state index contributed by atoms with van der Waals surface area (Å²) in [4.78, 5) is 0. The number of hydrogen-bond acceptors (Lipinski definition) is 1. The zero-order chi connectivity index (χ0) is 9.52. The van der Waals surface area contributed by atoms with Crippen molar-refractivity contribution in [3.8, 4) is 0 Å². The van der Waals surface area contributed by atoms with Crippen LogP contribution in [0.2, 0.25) is 5.54 Å². The lowest BCUT2D eigenvalue weighted by Crippen LogP contribution is -2.13. The zero-order valence-corrected chi connectivity index (χ0v) is 10.4. The first-order valence-corrected chi connectivity index (χ1v) is 7.38.